The number of benzene rings is 2. The first-order valence-corrected chi connectivity index (χ1v) is 10.8. The number of carbonyl (C=O) groups is 3. The monoisotopic (exact) mass is 458 g/mol. The van der Waals surface area contributed by atoms with Gasteiger partial charge in [0.05, 0.1) is 6.42 Å². The van der Waals surface area contributed by atoms with Crippen molar-refractivity contribution in [3.63, 3.8) is 0 Å². The van der Waals surface area contributed by atoms with Gasteiger partial charge in [0, 0.05) is 42.4 Å². The Kier molecular flexibility index (Phi) is 7.58. The molecule has 2 aromatic rings. The van der Waals surface area contributed by atoms with E-state index >= 15 is 0 Å². The second-order valence-corrected chi connectivity index (χ2v) is 8.43. The normalized spacial score (nSPS) is 18.2. The molecule has 1 aliphatic rings. The first-order valence-electron chi connectivity index (χ1n) is 10.4. The van der Waals surface area contributed by atoms with Crippen molar-refractivity contribution < 1.29 is 19.5 Å². The van der Waals surface area contributed by atoms with Gasteiger partial charge in [0.2, 0.25) is 5.91 Å². The Bertz CT molecular complexity index is 953. The van der Waals surface area contributed by atoms with E-state index in [1.165, 1.54) is 4.90 Å². The van der Waals surface area contributed by atoms with E-state index in [1.54, 1.807) is 41.3 Å². The number of nitrogens with one attached hydrogen (secondary N) is 2. The van der Waals surface area contributed by atoms with Gasteiger partial charge < -0.3 is 25.5 Å². The van der Waals surface area contributed by atoms with Crippen LogP contribution in [-0.2, 0) is 17.8 Å². The molecule has 0 unspecified atom stereocenters. The van der Waals surface area contributed by atoms with Crippen molar-refractivity contribution in [3.05, 3.63) is 64.7 Å². The van der Waals surface area contributed by atoms with Crippen LogP contribution < -0.4 is 10.6 Å². The predicted octanol–water partition coefficient (Wildman–Crippen LogP) is 3.80. The molecule has 1 aliphatic heterocycles. The lowest BCUT2D eigenvalue weighted by Gasteiger charge is -2.43. The number of carbonyl (C=O) groups excluding carboxylic acids is 2. The molecule has 0 aromatic heterocycles. The molecule has 170 valence electrons. The third-order valence-corrected chi connectivity index (χ3v) is 5.66. The van der Waals surface area contributed by atoms with Crippen LogP contribution in [0.25, 0.3) is 0 Å². The highest BCUT2D eigenvalue weighted by atomic mass is 35.5. The topological polar surface area (TPSA) is 102 Å². The number of nitrogens with zero attached hydrogens (tertiary/aromatic N) is 2. The molecule has 0 aliphatic carbocycles. The summed E-state index contributed by atoms with van der Waals surface area (Å²) >= 11 is 5.85. The van der Waals surface area contributed by atoms with Gasteiger partial charge in [-0.1, -0.05) is 35.9 Å². The Morgan fingerprint density at radius 2 is 1.53 bits per heavy atom. The van der Waals surface area contributed by atoms with Crippen molar-refractivity contribution in [1.29, 1.82) is 0 Å². The van der Waals surface area contributed by atoms with Crippen LogP contribution in [0.3, 0.4) is 0 Å². The Balaban J connectivity index is 1.50. The molecule has 8 nitrogen and oxygen atoms in total. The smallest absolute Gasteiger partial charge is 0.407 e. The minimum atomic E-state index is -0.962. The van der Waals surface area contributed by atoms with Gasteiger partial charge in [-0.3, -0.25) is 4.79 Å². The molecular formula is C23H27ClN4O4. The van der Waals surface area contributed by atoms with Crippen LogP contribution in [0.4, 0.5) is 15.3 Å². The van der Waals surface area contributed by atoms with Crippen LogP contribution in [0.5, 0.6) is 0 Å². The zero-order valence-corrected chi connectivity index (χ0v) is 18.8. The fraction of sp³-hybridized carbons (Fsp3) is 0.348. The molecule has 1 fully saturated rings. The zero-order chi connectivity index (χ0) is 23.3. The Morgan fingerprint density at radius 1 is 0.969 bits per heavy atom. The Morgan fingerprint density at radius 3 is 2.09 bits per heavy atom. The Labute approximate surface area is 192 Å². The van der Waals surface area contributed by atoms with Gasteiger partial charge in [-0.2, -0.15) is 0 Å². The van der Waals surface area contributed by atoms with Crippen LogP contribution in [0.1, 0.15) is 25.0 Å². The number of rotatable bonds is 5. The molecule has 32 heavy (non-hydrogen) atoms. The van der Waals surface area contributed by atoms with Crippen LogP contribution in [0.2, 0.25) is 5.02 Å². The Hall–Kier alpha value is -3.26. The predicted molar refractivity (Wildman–Crippen MR) is 123 cm³/mol. The number of halogens is 1. The number of piperazine rings is 1. The van der Waals surface area contributed by atoms with Gasteiger partial charge in [0.25, 0.3) is 0 Å². The van der Waals surface area contributed by atoms with E-state index in [1.807, 2.05) is 26.0 Å². The summed E-state index contributed by atoms with van der Waals surface area (Å²) in [6.07, 6.45) is -0.749. The van der Waals surface area contributed by atoms with Gasteiger partial charge in [0.15, 0.2) is 0 Å². The van der Waals surface area contributed by atoms with E-state index in [2.05, 4.69) is 10.6 Å². The third kappa shape index (κ3) is 6.13. The lowest BCUT2D eigenvalue weighted by Crippen LogP contribution is -2.59. The summed E-state index contributed by atoms with van der Waals surface area (Å²) in [5.74, 6) is -0.0449. The van der Waals surface area contributed by atoms with Gasteiger partial charge in [-0.05, 0) is 49.2 Å². The minimum absolute atomic E-state index is 0.0449. The van der Waals surface area contributed by atoms with Crippen molar-refractivity contribution in [2.24, 2.45) is 0 Å². The number of carboxylic acid groups (broad SMARTS) is 1. The number of urea groups is 1. The van der Waals surface area contributed by atoms with E-state index in [0.717, 1.165) is 11.1 Å². The highest BCUT2D eigenvalue weighted by Crippen LogP contribution is 2.19. The molecule has 3 N–H and O–H groups in total. The maximum atomic E-state index is 12.8. The maximum Gasteiger partial charge on any atom is 0.407 e. The number of hydrogen-bond acceptors (Lipinski definition) is 3. The first-order chi connectivity index (χ1) is 15.2. The van der Waals surface area contributed by atoms with E-state index in [4.69, 9.17) is 11.6 Å². The second-order valence-electron chi connectivity index (χ2n) is 7.99. The van der Waals surface area contributed by atoms with Crippen LogP contribution in [0.15, 0.2) is 48.5 Å². The molecule has 4 amide bonds. The van der Waals surface area contributed by atoms with E-state index in [9.17, 15) is 19.5 Å². The number of hydrogen-bond donors (Lipinski definition) is 3. The van der Waals surface area contributed by atoms with Gasteiger partial charge in [-0.25, -0.2) is 9.59 Å². The molecular weight excluding hydrogens is 432 g/mol. The molecule has 0 spiro atoms. The summed E-state index contributed by atoms with van der Waals surface area (Å²) in [5.41, 5.74) is 2.37. The van der Waals surface area contributed by atoms with Gasteiger partial charge in [-0.15, -0.1) is 0 Å². The third-order valence-electron chi connectivity index (χ3n) is 5.41. The molecule has 1 saturated heterocycles. The molecule has 0 saturated carbocycles. The molecule has 2 aromatic carbocycles. The lowest BCUT2D eigenvalue weighted by molar-refractivity contribution is -0.137. The van der Waals surface area contributed by atoms with E-state index < -0.39 is 6.09 Å². The van der Waals surface area contributed by atoms with Crippen LogP contribution in [0, 0.1) is 0 Å². The standard InChI is InChI=1S/C23H27ClN4O4/c1-15-13-27(23(31)32)14-16(2)28(15)21(29)11-17-5-9-20(10-6-17)26-22(30)25-12-18-3-7-19(24)8-4-18/h3-10,15-16H,11-14H2,1-2H3,(H,31,32)(H2,25,26,30)/t15-,16+. The fourth-order valence-corrected chi connectivity index (χ4v) is 4.03. The summed E-state index contributed by atoms with van der Waals surface area (Å²) in [5, 5.41) is 15.4. The quantitative estimate of drug-likeness (QED) is 0.634. The second kappa shape index (κ2) is 10.4. The molecule has 1 heterocycles. The van der Waals surface area contributed by atoms with Crippen molar-refractivity contribution in [2.45, 2.75) is 38.9 Å². The lowest BCUT2D eigenvalue weighted by atomic mass is 10.1. The molecule has 3 rings (SSSR count). The zero-order valence-electron chi connectivity index (χ0n) is 18.0. The summed E-state index contributed by atoms with van der Waals surface area (Å²) in [6, 6.07) is 13.6. The minimum Gasteiger partial charge on any atom is -0.465 e. The first kappa shape index (κ1) is 23.4. The van der Waals surface area contributed by atoms with E-state index in [0.29, 0.717) is 30.3 Å². The van der Waals surface area contributed by atoms with E-state index in [-0.39, 0.29) is 30.4 Å². The van der Waals surface area contributed by atoms with Crippen molar-refractivity contribution in [1.82, 2.24) is 15.1 Å². The average molecular weight is 459 g/mol. The van der Waals surface area contributed by atoms with Gasteiger partial charge >= 0.3 is 12.1 Å². The highest BCUT2D eigenvalue weighted by molar-refractivity contribution is 6.30. The molecule has 2 atom stereocenters. The van der Waals surface area contributed by atoms with Crippen LogP contribution >= 0.6 is 11.6 Å². The SMILES string of the molecule is C[C@@H]1CN(C(=O)O)C[C@H](C)N1C(=O)Cc1ccc(NC(=O)NCc2ccc(Cl)cc2)cc1. The average Bonchev–Trinajstić information content (AvgIpc) is 2.74. The summed E-state index contributed by atoms with van der Waals surface area (Å²) < 4.78 is 0. The summed E-state index contributed by atoms with van der Waals surface area (Å²) in [4.78, 5) is 39.3. The van der Waals surface area contributed by atoms with Gasteiger partial charge in [0.1, 0.15) is 0 Å². The summed E-state index contributed by atoms with van der Waals surface area (Å²) in [7, 11) is 0. The summed E-state index contributed by atoms with van der Waals surface area (Å²) in [6.45, 7) is 4.71. The van der Waals surface area contributed by atoms with Crippen LogP contribution in [-0.4, -0.2) is 58.1 Å². The van der Waals surface area contributed by atoms with Crippen molar-refractivity contribution in [2.75, 3.05) is 18.4 Å². The highest BCUT2D eigenvalue weighted by Gasteiger charge is 2.34. The fourth-order valence-electron chi connectivity index (χ4n) is 3.90. The molecule has 0 radical (unpaired) electrons. The largest absolute Gasteiger partial charge is 0.465 e. The van der Waals surface area contributed by atoms with Crippen molar-refractivity contribution in [3.8, 4) is 0 Å². The molecule has 9 heteroatoms. The van der Waals surface area contributed by atoms with Crippen molar-refractivity contribution >= 4 is 35.3 Å². The number of anilines is 1. The molecule has 0 bridgehead atoms. The maximum absolute atomic E-state index is 12.8. The number of amides is 4.